The standard InChI is InChI=1S/C17H16BrNO2/c1-11-9-15(20)7-8-16(11)19-12(2)10-17(21)13-3-5-14(18)6-4-13/h3-10,19-20H,1-2H3/b12-10-. The van der Waals surface area contributed by atoms with E-state index in [-0.39, 0.29) is 11.5 Å². The SMILES string of the molecule is C/C(=C/C(=O)c1ccc(Br)cc1)Nc1ccc(O)cc1C. The summed E-state index contributed by atoms with van der Waals surface area (Å²) in [4.78, 5) is 12.1. The topological polar surface area (TPSA) is 49.3 Å². The van der Waals surface area contributed by atoms with Crippen molar-refractivity contribution in [3.05, 3.63) is 69.8 Å². The Morgan fingerprint density at radius 1 is 1.19 bits per heavy atom. The van der Waals surface area contributed by atoms with Gasteiger partial charge in [-0.2, -0.15) is 0 Å². The summed E-state index contributed by atoms with van der Waals surface area (Å²) in [7, 11) is 0. The molecule has 0 unspecified atom stereocenters. The zero-order chi connectivity index (χ0) is 15.4. The van der Waals surface area contributed by atoms with Gasteiger partial charge in [0.25, 0.3) is 0 Å². The number of allylic oxidation sites excluding steroid dienone is 2. The first-order valence-corrected chi connectivity index (χ1v) is 7.30. The van der Waals surface area contributed by atoms with Crippen molar-refractivity contribution in [3.8, 4) is 5.75 Å². The van der Waals surface area contributed by atoms with Gasteiger partial charge < -0.3 is 10.4 Å². The Bertz CT molecular complexity index is 690. The number of carbonyl (C=O) groups excluding carboxylic acids is 1. The Morgan fingerprint density at radius 3 is 2.48 bits per heavy atom. The van der Waals surface area contributed by atoms with Gasteiger partial charge in [-0.25, -0.2) is 0 Å². The van der Waals surface area contributed by atoms with Gasteiger partial charge in [-0.05, 0) is 61.9 Å². The summed E-state index contributed by atoms with van der Waals surface area (Å²) in [5, 5.41) is 12.6. The fourth-order valence-corrected chi connectivity index (χ4v) is 2.20. The lowest BCUT2D eigenvalue weighted by atomic mass is 10.1. The van der Waals surface area contributed by atoms with E-state index in [9.17, 15) is 9.90 Å². The fourth-order valence-electron chi connectivity index (χ4n) is 1.93. The third-order valence-corrected chi connectivity index (χ3v) is 3.55. The molecular formula is C17H16BrNO2. The van der Waals surface area contributed by atoms with E-state index < -0.39 is 0 Å². The van der Waals surface area contributed by atoms with Gasteiger partial charge in [0.2, 0.25) is 0 Å². The van der Waals surface area contributed by atoms with Crippen LogP contribution in [0.4, 0.5) is 5.69 Å². The first-order valence-electron chi connectivity index (χ1n) is 6.50. The van der Waals surface area contributed by atoms with Gasteiger partial charge in [-0.1, -0.05) is 15.9 Å². The molecule has 2 N–H and O–H groups in total. The average Bonchev–Trinajstić information content (AvgIpc) is 2.42. The number of benzene rings is 2. The van der Waals surface area contributed by atoms with Crippen molar-refractivity contribution in [1.29, 1.82) is 0 Å². The number of nitrogens with one attached hydrogen (secondary N) is 1. The number of phenolic OH excluding ortho intramolecular Hbond substituents is 1. The monoisotopic (exact) mass is 345 g/mol. The first kappa shape index (κ1) is 15.3. The first-order chi connectivity index (χ1) is 9.95. The van der Waals surface area contributed by atoms with Gasteiger partial charge in [0.1, 0.15) is 5.75 Å². The van der Waals surface area contributed by atoms with Crippen molar-refractivity contribution >= 4 is 27.4 Å². The van der Waals surface area contributed by atoms with Crippen LogP contribution in [0.5, 0.6) is 5.75 Å². The predicted octanol–water partition coefficient (Wildman–Crippen LogP) is 4.66. The molecule has 0 atom stereocenters. The molecule has 0 aromatic heterocycles. The molecule has 0 radical (unpaired) electrons. The molecule has 2 aromatic carbocycles. The smallest absolute Gasteiger partial charge is 0.187 e. The lowest BCUT2D eigenvalue weighted by Gasteiger charge is -2.10. The largest absolute Gasteiger partial charge is 0.508 e. The molecule has 4 heteroatoms. The lowest BCUT2D eigenvalue weighted by molar-refractivity contribution is 0.104. The highest BCUT2D eigenvalue weighted by Gasteiger charge is 2.04. The quantitative estimate of drug-likeness (QED) is 0.481. The highest BCUT2D eigenvalue weighted by molar-refractivity contribution is 9.10. The number of aromatic hydroxyl groups is 1. The molecule has 0 heterocycles. The summed E-state index contributed by atoms with van der Waals surface area (Å²) in [5.74, 6) is 0.176. The Labute approximate surface area is 132 Å². The molecule has 0 amide bonds. The van der Waals surface area contributed by atoms with Crippen molar-refractivity contribution in [3.63, 3.8) is 0 Å². The van der Waals surface area contributed by atoms with Crippen molar-refractivity contribution in [2.45, 2.75) is 13.8 Å². The predicted molar refractivity (Wildman–Crippen MR) is 88.7 cm³/mol. The summed E-state index contributed by atoms with van der Waals surface area (Å²) in [6.07, 6.45) is 1.57. The minimum Gasteiger partial charge on any atom is -0.508 e. The van der Waals surface area contributed by atoms with Crippen LogP contribution in [0.25, 0.3) is 0 Å². The van der Waals surface area contributed by atoms with Gasteiger partial charge in [0.15, 0.2) is 5.78 Å². The fraction of sp³-hybridized carbons (Fsp3) is 0.118. The summed E-state index contributed by atoms with van der Waals surface area (Å²) < 4.78 is 0.942. The number of rotatable bonds is 4. The normalized spacial score (nSPS) is 11.3. The van der Waals surface area contributed by atoms with Crippen molar-refractivity contribution in [1.82, 2.24) is 0 Å². The zero-order valence-corrected chi connectivity index (χ0v) is 13.4. The Morgan fingerprint density at radius 2 is 1.86 bits per heavy atom. The number of ketones is 1. The Hall–Kier alpha value is -2.07. The third-order valence-electron chi connectivity index (χ3n) is 3.02. The maximum absolute atomic E-state index is 12.1. The van der Waals surface area contributed by atoms with E-state index in [4.69, 9.17) is 0 Å². The molecule has 108 valence electrons. The van der Waals surface area contributed by atoms with Crippen LogP contribution in [0, 0.1) is 6.92 Å². The molecule has 3 nitrogen and oxygen atoms in total. The number of hydrogen-bond donors (Lipinski definition) is 2. The van der Waals surface area contributed by atoms with E-state index in [1.807, 2.05) is 26.0 Å². The third kappa shape index (κ3) is 4.20. The van der Waals surface area contributed by atoms with Gasteiger partial charge in [0, 0.05) is 27.5 Å². The van der Waals surface area contributed by atoms with Gasteiger partial charge in [-0.3, -0.25) is 4.79 Å². The molecule has 0 aliphatic rings. The Kier molecular flexibility index (Phi) is 4.81. The summed E-state index contributed by atoms with van der Waals surface area (Å²) in [6.45, 7) is 3.73. The second-order valence-corrected chi connectivity index (χ2v) is 5.74. The maximum Gasteiger partial charge on any atom is 0.187 e. The molecule has 0 bridgehead atoms. The number of phenols is 1. The van der Waals surface area contributed by atoms with Gasteiger partial charge >= 0.3 is 0 Å². The van der Waals surface area contributed by atoms with E-state index in [0.717, 1.165) is 21.4 Å². The van der Waals surface area contributed by atoms with Gasteiger partial charge in [-0.15, -0.1) is 0 Å². The molecule has 0 spiro atoms. The van der Waals surface area contributed by atoms with Crippen LogP contribution >= 0.6 is 15.9 Å². The number of halogens is 1. The van der Waals surface area contributed by atoms with Crippen LogP contribution in [-0.4, -0.2) is 10.9 Å². The minimum atomic E-state index is -0.0519. The van der Waals surface area contributed by atoms with Crippen molar-refractivity contribution in [2.24, 2.45) is 0 Å². The molecule has 0 aliphatic heterocycles. The maximum atomic E-state index is 12.1. The van der Waals surface area contributed by atoms with Crippen LogP contribution in [0.15, 0.2) is 58.7 Å². The zero-order valence-electron chi connectivity index (χ0n) is 11.9. The van der Waals surface area contributed by atoms with E-state index in [2.05, 4.69) is 21.2 Å². The highest BCUT2D eigenvalue weighted by atomic mass is 79.9. The van der Waals surface area contributed by atoms with Gasteiger partial charge in [0.05, 0.1) is 0 Å². The van der Waals surface area contributed by atoms with Crippen molar-refractivity contribution < 1.29 is 9.90 Å². The second kappa shape index (κ2) is 6.59. The highest BCUT2D eigenvalue weighted by Crippen LogP contribution is 2.21. The molecule has 0 saturated heterocycles. The van der Waals surface area contributed by atoms with E-state index in [1.54, 1.807) is 36.4 Å². The Balaban J connectivity index is 2.13. The van der Waals surface area contributed by atoms with E-state index in [0.29, 0.717) is 5.56 Å². The number of hydrogen-bond acceptors (Lipinski definition) is 3. The van der Waals surface area contributed by atoms with Crippen molar-refractivity contribution in [2.75, 3.05) is 5.32 Å². The second-order valence-electron chi connectivity index (χ2n) is 4.82. The summed E-state index contributed by atoms with van der Waals surface area (Å²) in [6, 6.07) is 12.3. The lowest BCUT2D eigenvalue weighted by Crippen LogP contribution is -2.02. The van der Waals surface area contributed by atoms with Crippen LogP contribution < -0.4 is 5.32 Å². The van der Waals surface area contributed by atoms with E-state index >= 15 is 0 Å². The molecule has 2 aromatic rings. The summed E-state index contributed by atoms with van der Waals surface area (Å²) >= 11 is 3.34. The molecule has 0 fully saturated rings. The van der Waals surface area contributed by atoms with Crippen LogP contribution in [-0.2, 0) is 0 Å². The number of carbonyl (C=O) groups is 1. The molecule has 0 saturated carbocycles. The van der Waals surface area contributed by atoms with Crippen LogP contribution in [0.2, 0.25) is 0 Å². The summed E-state index contributed by atoms with van der Waals surface area (Å²) in [5.41, 5.74) is 3.17. The minimum absolute atomic E-state index is 0.0519. The molecule has 0 aliphatic carbocycles. The molecule has 2 rings (SSSR count). The van der Waals surface area contributed by atoms with Crippen LogP contribution in [0.3, 0.4) is 0 Å². The number of anilines is 1. The average molecular weight is 346 g/mol. The molecular weight excluding hydrogens is 330 g/mol. The number of aryl methyl sites for hydroxylation is 1. The van der Waals surface area contributed by atoms with E-state index in [1.165, 1.54) is 0 Å². The molecule has 21 heavy (non-hydrogen) atoms. The van der Waals surface area contributed by atoms with Crippen LogP contribution in [0.1, 0.15) is 22.8 Å².